The monoisotopic (exact) mass is 532 g/mol. The minimum atomic E-state index is -4.52. The molecule has 0 aliphatic heterocycles. The molecule has 0 amide bonds. The van der Waals surface area contributed by atoms with Crippen LogP contribution in [0.1, 0.15) is 28.3 Å². The Morgan fingerprint density at radius 3 is 2.38 bits per heavy atom. The Kier molecular flexibility index (Phi) is 7.32. The van der Waals surface area contributed by atoms with Crippen LogP contribution in [-0.2, 0) is 29.2 Å². The number of benzene rings is 2. The first-order chi connectivity index (χ1) is 17.5. The van der Waals surface area contributed by atoms with E-state index in [9.17, 15) is 21.6 Å². The van der Waals surface area contributed by atoms with E-state index in [0.29, 0.717) is 16.9 Å². The van der Waals surface area contributed by atoms with Crippen molar-refractivity contribution in [1.82, 2.24) is 19.5 Å². The summed E-state index contributed by atoms with van der Waals surface area (Å²) >= 11 is 0. The molecule has 0 unspecified atom stereocenters. The number of hydrogen-bond donors (Lipinski definition) is 0. The summed E-state index contributed by atoms with van der Waals surface area (Å²) in [7, 11) is -0.947. The summed E-state index contributed by atoms with van der Waals surface area (Å²) in [6.45, 7) is 1.69. The minimum absolute atomic E-state index is 0.0112. The molecule has 37 heavy (non-hydrogen) atoms. The lowest BCUT2D eigenvalue weighted by molar-refractivity contribution is -0.137. The lowest BCUT2D eigenvalue weighted by atomic mass is 10.0. The summed E-state index contributed by atoms with van der Waals surface area (Å²) in [5.74, 6) is 0.956. The summed E-state index contributed by atoms with van der Waals surface area (Å²) in [6.07, 6.45) is -3.44. The molecule has 0 aliphatic rings. The molecular formula is C25H23F3N4O4S. The van der Waals surface area contributed by atoms with Gasteiger partial charge in [0, 0.05) is 44.4 Å². The molecule has 2 heterocycles. The van der Waals surface area contributed by atoms with Gasteiger partial charge in [0.1, 0.15) is 5.75 Å². The van der Waals surface area contributed by atoms with Gasteiger partial charge in [0.2, 0.25) is 21.8 Å². The number of sulfonamides is 1. The second-order valence-corrected chi connectivity index (χ2v) is 10.3. The minimum Gasteiger partial charge on any atom is -0.497 e. The van der Waals surface area contributed by atoms with Gasteiger partial charge in [0.15, 0.2) is 0 Å². The van der Waals surface area contributed by atoms with E-state index in [1.807, 2.05) is 0 Å². The Bertz CT molecular complexity index is 1500. The number of aryl methyl sites for hydroxylation is 1. The molecule has 0 saturated carbocycles. The number of alkyl halides is 3. The number of methoxy groups -OCH3 is 1. The van der Waals surface area contributed by atoms with E-state index in [-0.39, 0.29) is 35.3 Å². The molecular weight excluding hydrogens is 509 g/mol. The summed E-state index contributed by atoms with van der Waals surface area (Å²) < 4.78 is 78.1. The van der Waals surface area contributed by atoms with Gasteiger partial charge in [0.05, 0.1) is 17.6 Å². The maximum atomic E-state index is 13.4. The zero-order valence-corrected chi connectivity index (χ0v) is 21.0. The fraction of sp³-hybridized carbons (Fsp3) is 0.240. The molecule has 0 bridgehead atoms. The molecule has 2 aromatic heterocycles. The van der Waals surface area contributed by atoms with Gasteiger partial charge in [-0.1, -0.05) is 18.2 Å². The smallest absolute Gasteiger partial charge is 0.416 e. The molecule has 0 radical (unpaired) electrons. The molecule has 4 aromatic rings. The zero-order chi connectivity index (χ0) is 26.8. The number of hydrogen-bond acceptors (Lipinski definition) is 7. The molecule has 194 valence electrons. The predicted molar refractivity (Wildman–Crippen MR) is 128 cm³/mol. The molecule has 0 N–H and O–H groups in total. The van der Waals surface area contributed by atoms with Crippen molar-refractivity contribution in [2.45, 2.75) is 31.0 Å². The Labute approximate surface area is 211 Å². The first-order valence-corrected chi connectivity index (χ1v) is 12.5. The van der Waals surface area contributed by atoms with Gasteiger partial charge < -0.3 is 9.15 Å². The second-order valence-electron chi connectivity index (χ2n) is 8.26. The maximum Gasteiger partial charge on any atom is 0.416 e. The number of ether oxygens (including phenoxy) is 1. The Hall–Kier alpha value is -3.77. The molecule has 2 aromatic carbocycles. The van der Waals surface area contributed by atoms with Crippen molar-refractivity contribution in [1.29, 1.82) is 0 Å². The molecule has 0 aliphatic carbocycles. The third kappa shape index (κ3) is 5.97. The highest BCUT2D eigenvalue weighted by molar-refractivity contribution is 7.89. The van der Waals surface area contributed by atoms with E-state index >= 15 is 0 Å². The van der Waals surface area contributed by atoms with Gasteiger partial charge in [-0.25, -0.2) is 8.42 Å². The average Bonchev–Trinajstić information content (AvgIpc) is 3.30. The fourth-order valence-electron chi connectivity index (χ4n) is 3.67. The molecule has 0 atom stereocenters. The van der Waals surface area contributed by atoms with Crippen molar-refractivity contribution in [2.24, 2.45) is 0 Å². The van der Waals surface area contributed by atoms with Crippen LogP contribution >= 0.6 is 0 Å². The number of aromatic nitrogens is 3. The van der Waals surface area contributed by atoms with E-state index < -0.39 is 21.8 Å². The largest absolute Gasteiger partial charge is 0.497 e. The van der Waals surface area contributed by atoms with Crippen LogP contribution in [0.2, 0.25) is 0 Å². The quantitative estimate of drug-likeness (QED) is 0.319. The van der Waals surface area contributed by atoms with Crippen molar-refractivity contribution >= 4 is 10.0 Å². The van der Waals surface area contributed by atoms with Gasteiger partial charge in [-0.3, -0.25) is 4.98 Å². The van der Waals surface area contributed by atoms with Crippen molar-refractivity contribution in [3.05, 3.63) is 89.1 Å². The standard InChI is InChI=1S/C25H23F3N4O4S/c1-16-30-31-24(36-16)23-14-22(37(33,34)32(2)15-17-4-7-21(35-3)8-5-17)9-6-18(23)12-20-13-19(10-11-29-20)25(26,27)28/h4-11,13-14H,12,15H2,1-3H3. The summed E-state index contributed by atoms with van der Waals surface area (Å²) in [5.41, 5.74) is 0.851. The predicted octanol–water partition coefficient (Wildman–Crippen LogP) is 4.88. The van der Waals surface area contributed by atoms with E-state index in [1.165, 1.54) is 29.6 Å². The number of rotatable bonds is 8. The summed E-state index contributed by atoms with van der Waals surface area (Å²) in [4.78, 5) is 4.01. The van der Waals surface area contributed by atoms with E-state index in [0.717, 1.165) is 23.9 Å². The zero-order valence-electron chi connectivity index (χ0n) is 20.2. The Morgan fingerprint density at radius 2 is 1.76 bits per heavy atom. The molecule has 8 nitrogen and oxygen atoms in total. The Morgan fingerprint density at radius 1 is 1.03 bits per heavy atom. The second kappa shape index (κ2) is 10.3. The van der Waals surface area contributed by atoms with Crippen LogP contribution in [0.5, 0.6) is 5.75 Å². The molecule has 0 fully saturated rings. The molecule has 0 spiro atoms. The SMILES string of the molecule is COc1ccc(CN(C)S(=O)(=O)c2ccc(Cc3cc(C(F)(F)F)ccn3)c(-c3nnc(C)o3)c2)cc1. The van der Waals surface area contributed by atoms with Crippen LogP contribution in [0, 0.1) is 6.92 Å². The van der Waals surface area contributed by atoms with Gasteiger partial charge in [-0.15, -0.1) is 10.2 Å². The van der Waals surface area contributed by atoms with Crippen molar-refractivity contribution in [3.8, 4) is 17.2 Å². The van der Waals surface area contributed by atoms with Crippen LogP contribution in [0.25, 0.3) is 11.5 Å². The summed E-state index contributed by atoms with van der Waals surface area (Å²) in [5, 5.41) is 7.79. The van der Waals surface area contributed by atoms with Crippen LogP contribution in [0.15, 0.2) is 70.1 Å². The van der Waals surface area contributed by atoms with Crippen molar-refractivity contribution < 1.29 is 30.7 Å². The van der Waals surface area contributed by atoms with Gasteiger partial charge in [0.25, 0.3) is 0 Å². The maximum absolute atomic E-state index is 13.4. The lowest BCUT2D eigenvalue weighted by Gasteiger charge is -2.18. The number of nitrogens with zero attached hydrogens (tertiary/aromatic N) is 4. The third-order valence-corrected chi connectivity index (χ3v) is 7.43. The fourth-order valence-corrected chi connectivity index (χ4v) is 4.86. The van der Waals surface area contributed by atoms with Crippen LogP contribution < -0.4 is 4.74 Å². The van der Waals surface area contributed by atoms with Gasteiger partial charge >= 0.3 is 6.18 Å². The Balaban J connectivity index is 1.68. The van der Waals surface area contributed by atoms with Crippen molar-refractivity contribution in [2.75, 3.05) is 14.2 Å². The topological polar surface area (TPSA) is 98.4 Å². The first kappa shape index (κ1) is 26.3. The number of pyridine rings is 1. The highest BCUT2D eigenvalue weighted by atomic mass is 32.2. The highest BCUT2D eigenvalue weighted by Crippen LogP contribution is 2.32. The summed E-state index contributed by atoms with van der Waals surface area (Å²) in [6, 6.07) is 13.2. The normalized spacial score (nSPS) is 12.2. The lowest BCUT2D eigenvalue weighted by Crippen LogP contribution is -2.26. The molecule has 0 saturated heterocycles. The first-order valence-electron chi connectivity index (χ1n) is 11.0. The molecule has 12 heteroatoms. The van der Waals surface area contributed by atoms with Crippen LogP contribution in [0.4, 0.5) is 13.2 Å². The van der Waals surface area contributed by atoms with Gasteiger partial charge in [-0.05, 0) is 47.5 Å². The molecule has 4 rings (SSSR count). The average molecular weight is 533 g/mol. The third-order valence-electron chi connectivity index (χ3n) is 5.63. The van der Waals surface area contributed by atoms with E-state index in [4.69, 9.17) is 9.15 Å². The van der Waals surface area contributed by atoms with Crippen LogP contribution in [0.3, 0.4) is 0 Å². The van der Waals surface area contributed by atoms with Crippen molar-refractivity contribution in [3.63, 3.8) is 0 Å². The van der Waals surface area contributed by atoms with E-state index in [1.54, 1.807) is 38.3 Å². The van der Waals surface area contributed by atoms with E-state index in [2.05, 4.69) is 15.2 Å². The van der Waals surface area contributed by atoms with Gasteiger partial charge in [-0.2, -0.15) is 17.5 Å². The highest BCUT2D eigenvalue weighted by Gasteiger charge is 2.31. The van der Waals surface area contributed by atoms with Crippen LogP contribution in [-0.4, -0.2) is 42.1 Å². The number of halogens is 3.